The van der Waals surface area contributed by atoms with E-state index in [1.54, 1.807) is 0 Å². The highest BCUT2D eigenvalue weighted by Crippen LogP contribution is 2.25. The third kappa shape index (κ3) is 4.81. The molecule has 1 heterocycles. The van der Waals surface area contributed by atoms with Crippen LogP contribution in [0.4, 0.5) is 0 Å². The zero-order chi connectivity index (χ0) is 12.9. The van der Waals surface area contributed by atoms with E-state index in [0.29, 0.717) is 11.5 Å². The van der Waals surface area contributed by atoms with Gasteiger partial charge in [-0.3, -0.25) is 0 Å². The van der Waals surface area contributed by atoms with Crippen molar-refractivity contribution in [3.63, 3.8) is 0 Å². The van der Waals surface area contributed by atoms with Crippen LogP contribution < -0.4 is 5.32 Å². The van der Waals surface area contributed by atoms with E-state index >= 15 is 0 Å². The van der Waals surface area contributed by atoms with E-state index in [0.717, 1.165) is 6.54 Å². The smallest absolute Gasteiger partial charge is 0.0119 e. The molecule has 17 heavy (non-hydrogen) atoms. The van der Waals surface area contributed by atoms with Crippen LogP contribution in [0.1, 0.15) is 51.0 Å². The van der Waals surface area contributed by atoms with Gasteiger partial charge in [0.15, 0.2) is 0 Å². The first-order valence-corrected chi connectivity index (χ1v) is 7.59. The summed E-state index contributed by atoms with van der Waals surface area (Å²) in [6.07, 6.45) is 3.65. The topological polar surface area (TPSA) is 12.0 Å². The van der Waals surface area contributed by atoms with Gasteiger partial charge < -0.3 is 5.32 Å². The Hall–Kier alpha value is -0.340. The first kappa shape index (κ1) is 14.7. The molecule has 1 atom stereocenters. The molecular weight excluding hydrogens is 226 g/mol. The van der Waals surface area contributed by atoms with Crippen LogP contribution in [0.5, 0.6) is 0 Å². The van der Waals surface area contributed by atoms with Crippen LogP contribution in [0, 0.1) is 12.3 Å². The molecule has 0 fully saturated rings. The van der Waals surface area contributed by atoms with E-state index in [9.17, 15) is 0 Å². The number of hydrogen-bond acceptors (Lipinski definition) is 2. The summed E-state index contributed by atoms with van der Waals surface area (Å²) >= 11 is 1.86. The highest BCUT2D eigenvalue weighted by molar-refractivity contribution is 7.10. The molecule has 1 unspecified atom stereocenters. The number of hydrogen-bond donors (Lipinski definition) is 1. The Labute approximate surface area is 111 Å². The number of nitrogens with one attached hydrogen (secondary N) is 1. The fraction of sp³-hybridized carbons (Fsp3) is 0.733. The fourth-order valence-electron chi connectivity index (χ4n) is 2.13. The number of thiophene rings is 1. The minimum absolute atomic E-state index is 0.346. The van der Waals surface area contributed by atoms with Gasteiger partial charge in [-0.25, -0.2) is 0 Å². The predicted molar refractivity (Wildman–Crippen MR) is 78.9 cm³/mol. The van der Waals surface area contributed by atoms with E-state index in [1.807, 2.05) is 11.3 Å². The Balaban J connectivity index is 2.52. The molecular formula is C15H27NS. The van der Waals surface area contributed by atoms with Crippen LogP contribution in [0.3, 0.4) is 0 Å². The highest BCUT2D eigenvalue weighted by atomic mass is 32.1. The number of rotatable bonds is 6. The van der Waals surface area contributed by atoms with Crippen molar-refractivity contribution in [2.45, 2.75) is 59.9 Å². The summed E-state index contributed by atoms with van der Waals surface area (Å²) in [5.74, 6) is 0. The average Bonchev–Trinajstić information content (AvgIpc) is 2.62. The summed E-state index contributed by atoms with van der Waals surface area (Å²) in [6.45, 7) is 12.6. The second kappa shape index (κ2) is 6.55. The quantitative estimate of drug-likeness (QED) is 0.792. The van der Waals surface area contributed by atoms with Gasteiger partial charge in [0.05, 0.1) is 0 Å². The molecule has 0 bridgehead atoms. The maximum absolute atomic E-state index is 3.69. The molecule has 0 aliphatic rings. The van der Waals surface area contributed by atoms with Crippen LogP contribution in [0.15, 0.2) is 11.4 Å². The largest absolute Gasteiger partial charge is 0.313 e. The van der Waals surface area contributed by atoms with E-state index in [4.69, 9.17) is 0 Å². The Morgan fingerprint density at radius 1 is 1.35 bits per heavy atom. The van der Waals surface area contributed by atoms with E-state index in [1.165, 1.54) is 29.7 Å². The van der Waals surface area contributed by atoms with E-state index in [-0.39, 0.29) is 0 Å². The lowest BCUT2D eigenvalue weighted by Crippen LogP contribution is -2.41. The van der Waals surface area contributed by atoms with Crippen molar-refractivity contribution in [3.05, 3.63) is 21.9 Å². The molecule has 0 amide bonds. The molecule has 1 N–H and O–H groups in total. The van der Waals surface area contributed by atoms with Crippen molar-refractivity contribution in [2.75, 3.05) is 6.54 Å². The van der Waals surface area contributed by atoms with Gasteiger partial charge in [0, 0.05) is 10.9 Å². The molecule has 1 aromatic heterocycles. The van der Waals surface area contributed by atoms with Gasteiger partial charge in [0.1, 0.15) is 0 Å². The van der Waals surface area contributed by atoms with Crippen LogP contribution in [-0.4, -0.2) is 12.6 Å². The zero-order valence-electron chi connectivity index (χ0n) is 12.0. The molecule has 0 spiro atoms. The standard InChI is InChI=1S/C15H27NS/c1-6-10-16-14(15(3,4)5)8-7-13-9-11-17-12(13)2/h9,11,14,16H,6-8,10H2,1-5H3. The van der Waals surface area contributed by atoms with Crippen LogP contribution in [-0.2, 0) is 6.42 Å². The molecule has 0 saturated carbocycles. The van der Waals surface area contributed by atoms with E-state index in [2.05, 4.69) is 51.4 Å². The lowest BCUT2D eigenvalue weighted by atomic mass is 9.83. The second-order valence-corrected chi connectivity index (χ2v) is 7.03. The van der Waals surface area contributed by atoms with Gasteiger partial charge in [-0.05, 0) is 55.2 Å². The number of aryl methyl sites for hydroxylation is 2. The third-order valence-electron chi connectivity index (χ3n) is 3.35. The summed E-state index contributed by atoms with van der Waals surface area (Å²) in [4.78, 5) is 1.48. The lowest BCUT2D eigenvalue weighted by Gasteiger charge is -2.32. The monoisotopic (exact) mass is 253 g/mol. The lowest BCUT2D eigenvalue weighted by molar-refractivity contribution is 0.255. The molecule has 1 rings (SSSR count). The normalized spacial score (nSPS) is 13.9. The van der Waals surface area contributed by atoms with Gasteiger partial charge in [0.25, 0.3) is 0 Å². The fourth-order valence-corrected chi connectivity index (χ4v) is 2.89. The van der Waals surface area contributed by atoms with Gasteiger partial charge in [-0.2, -0.15) is 0 Å². The Morgan fingerprint density at radius 2 is 2.06 bits per heavy atom. The molecule has 2 heteroatoms. The Bertz CT molecular complexity index is 322. The summed E-state index contributed by atoms with van der Waals surface area (Å²) in [6, 6.07) is 2.89. The first-order chi connectivity index (χ1) is 7.95. The van der Waals surface area contributed by atoms with Crippen molar-refractivity contribution in [3.8, 4) is 0 Å². The van der Waals surface area contributed by atoms with Crippen molar-refractivity contribution in [1.29, 1.82) is 0 Å². The summed E-state index contributed by atoms with van der Waals surface area (Å²) in [5.41, 5.74) is 1.88. The SMILES string of the molecule is CCCNC(CCc1ccsc1C)C(C)(C)C. The summed E-state index contributed by atoms with van der Waals surface area (Å²) < 4.78 is 0. The average molecular weight is 253 g/mol. The molecule has 0 aromatic carbocycles. The molecule has 98 valence electrons. The maximum Gasteiger partial charge on any atom is 0.0119 e. The van der Waals surface area contributed by atoms with Crippen molar-refractivity contribution in [2.24, 2.45) is 5.41 Å². The second-order valence-electron chi connectivity index (χ2n) is 5.91. The summed E-state index contributed by atoms with van der Waals surface area (Å²) in [5, 5.41) is 5.90. The van der Waals surface area contributed by atoms with Crippen molar-refractivity contribution in [1.82, 2.24) is 5.32 Å². The van der Waals surface area contributed by atoms with Gasteiger partial charge in [-0.15, -0.1) is 11.3 Å². The molecule has 0 aliphatic heterocycles. The highest BCUT2D eigenvalue weighted by Gasteiger charge is 2.23. The maximum atomic E-state index is 3.69. The molecule has 1 nitrogen and oxygen atoms in total. The zero-order valence-corrected chi connectivity index (χ0v) is 12.8. The Kier molecular flexibility index (Phi) is 5.68. The molecule has 0 radical (unpaired) electrons. The molecule has 0 aliphatic carbocycles. The van der Waals surface area contributed by atoms with Crippen LogP contribution in [0.25, 0.3) is 0 Å². The molecule has 0 saturated heterocycles. The van der Waals surface area contributed by atoms with Crippen LogP contribution >= 0.6 is 11.3 Å². The van der Waals surface area contributed by atoms with Gasteiger partial charge in [0.2, 0.25) is 0 Å². The van der Waals surface area contributed by atoms with Crippen molar-refractivity contribution < 1.29 is 0 Å². The van der Waals surface area contributed by atoms with E-state index < -0.39 is 0 Å². The summed E-state index contributed by atoms with van der Waals surface area (Å²) in [7, 11) is 0. The minimum Gasteiger partial charge on any atom is -0.313 e. The molecule has 1 aromatic rings. The van der Waals surface area contributed by atoms with Crippen LogP contribution in [0.2, 0.25) is 0 Å². The first-order valence-electron chi connectivity index (χ1n) is 6.71. The van der Waals surface area contributed by atoms with Crippen molar-refractivity contribution >= 4 is 11.3 Å². The predicted octanol–water partition coefficient (Wildman–Crippen LogP) is 4.40. The van der Waals surface area contributed by atoms with Gasteiger partial charge in [-0.1, -0.05) is 27.7 Å². The Morgan fingerprint density at radius 3 is 2.53 bits per heavy atom. The third-order valence-corrected chi connectivity index (χ3v) is 4.24. The van der Waals surface area contributed by atoms with Gasteiger partial charge >= 0.3 is 0 Å². The minimum atomic E-state index is 0.346.